The topological polar surface area (TPSA) is 197 Å². The third-order valence-electron chi connectivity index (χ3n) is 7.09. The number of aromatic hydroxyl groups is 1. The number of nitrogens with one attached hydrogen (secondary N) is 1. The van der Waals surface area contributed by atoms with E-state index in [2.05, 4.69) is 5.32 Å². The highest BCUT2D eigenvalue weighted by atomic mass is 32.2. The number of phenolic OH excluding ortho intramolecular Hbond substituents is 1. The number of carbonyl (C=O) groups is 5. The monoisotopic (exact) mass is 663 g/mol. The molecule has 3 amide bonds. The number of rotatable bonds is 8. The maximum atomic E-state index is 13.1. The van der Waals surface area contributed by atoms with Crippen LogP contribution in [0.4, 0.5) is 13.2 Å². The van der Waals surface area contributed by atoms with Crippen molar-refractivity contribution < 1.29 is 57.0 Å². The molecule has 13 nitrogen and oxygen atoms in total. The van der Waals surface area contributed by atoms with E-state index in [-0.39, 0.29) is 35.2 Å². The zero-order valence-corrected chi connectivity index (χ0v) is 24.7. The zero-order valence-electron chi connectivity index (χ0n) is 23.9. The smallest absolute Gasteiger partial charge is 0.430 e. The number of carboxylic acids is 2. The van der Waals surface area contributed by atoms with Crippen molar-refractivity contribution in [3.05, 3.63) is 82.8 Å². The lowest BCUT2D eigenvalue weighted by molar-refractivity contribution is -0.684. The highest BCUT2D eigenvalue weighted by Gasteiger charge is 2.51. The minimum atomic E-state index is -5.19. The number of allylic oxidation sites excluding steroid dienone is 1. The second-order valence-corrected chi connectivity index (χ2v) is 11.5. The number of hydrogen-bond donors (Lipinski definition) is 4. The van der Waals surface area contributed by atoms with E-state index < -0.39 is 30.1 Å². The number of likely N-dealkylation sites (tertiary alicyclic amines) is 1. The van der Waals surface area contributed by atoms with E-state index in [4.69, 9.17) is 15.6 Å². The van der Waals surface area contributed by atoms with Gasteiger partial charge in [-0.15, -0.1) is 11.8 Å². The lowest BCUT2D eigenvalue weighted by Gasteiger charge is -2.47. The molecule has 5 rings (SSSR count). The lowest BCUT2D eigenvalue weighted by Crippen LogP contribution is -2.68. The Hall–Kier alpha value is -4.90. The summed E-state index contributed by atoms with van der Waals surface area (Å²) >= 11 is 1.40. The first-order valence-electron chi connectivity index (χ1n) is 13.6. The van der Waals surface area contributed by atoms with Crippen molar-refractivity contribution in [1.82, 2.24) is 15.1 Å². The van der Waals surface area contributed by atoms with E-state index in [1.54, 1.807) is 46.1 Å². The number of nitrogens with zero attached hydrogens (tertiary/aromatic N) is 3. The average Bonchev–Trinajstić information content (AvgIpc) is 3.34. The van der Waals surface area contributed by atoms with Crippen LogP contribution in [-0.4, -0.2) is 79.6 Å². The van der Waals surface area contributed by atoms with Crippen molar-refractivity contribution >= 4 is 41.4 Å². The number of alkyl halides is 3. The third kappa shape index (κ3) is 8.02. The standard InChI is InChI=1S/C27H27N5O6S.C2HF3O2/c28-22-25(36)32-23(27(37)38)19(15-39-26(22)32)11-18-6-9-31(24(18)35)13-16-4-7-30(8-5-16)14-21(34)29-12-17-2-1-3-20(33)10-17;3-2(4,5)1(6)7/h1-5,7-8,10-11,22,26H,6,9,12-15,28H2,(H2-,29,33,34,37,38);(H,6,7)/b18-11+;/t22-,26-;/m1./s1. The highest BCUT2D eigenvalue weighted by Crippen LogP contribution is 2.40. The largest absolute Gasteiger partial charge is 0.542 e. The van der Waals surface area contributed by atoms with Gasteiger partial charge in [0.2, 0.25) is 18.4 Å². The summed E-state index contributed by atoms with van der Waals surface area (Å²) in [5.74, 6) is -4.48. The second-order valence-electron chi connectivity index (χ2n) is 10.4. The number of aromatic nitrogens is 1. The van der Waals surface area contributed by atoms with Crippen molar-refractivity contribution in [2.75, 3.05) is 12.3 Å². The van der Waals surface area contributed by atoms with Gasteiger partial charge in [-0.1, -0.05) is 12.1 Å². The van der Waals surface area contributed by atoms with Gasteiger partial charge in [0.1, 0.15) is 28.8 Å². The molecular formula is C29H28F3N5O8S. The van der Waals surface area contributed by atoms with Crippen LogP contribution in [0.3, 0.4) is 0 Å². The molecule has 3 aliphatic heterocycles. The van der Waals surface area contributed by atoms with Crippen molar-refractivity contribution in [2.24, 2.45) is 5.73 Å². The van der Waals surface area contributed by atoms with E-state index >= 15 is 0 Å². The van der Waals surface area contributed by atoms with Crippen LogP contribution in [0, 0.1) is 0 Å². The molecule has 0 unspecified atom stereocenters. The molecular weight excluding hydrogens is 635 g/mol. The predicted octanol–water partition coefficient (Wildman–Crippen LogP) is -0.465. The predicted molar refractivity (Wildman–Crippen MR) is 151 cm³/mol. The third-order valence-corrected chi connectivity index (χ3v) is 8.42. The minimum Gasteiger partial charge on any atom is -0.542 e. The Morgan fingerprint density at radius 2 is 1.83 bits per heavy atom. The van der Waals surface area contributed by atoms with E-state index in [0.717, 1.165) is 11.1 Å². The summed E-state index contributed by atoms with van der Waals surface area (Å²) in [5, 5.41) is 30.5. The number of hydrogen-bond acceptors (Lipinski definition) is 9. The van der Waals surface area contributed by atoms with E-state index in [0.29, 0.717) is 43.0 Å². The zero-order chi connectivity index (χ0) is 33.8. The van der Waals surface area contributed by atoms with Crippen LogP contribution >= 0.6 is 11.8 Å². The maximum absolute atomic E-state index is 13.1. The van der Waals surface area contributed by atoms with Crippen molar-refractivity contribution in [3.63, 3.8) is 0 Å². The van der Waals surface area contributed by atoms with Gasteiger partial charge in [-0.05, 0) is 41.3 Å². The highest BCUT2D eigenvalue weighted by molar-refractivity contribution is 8.00. The molecule has 244 valence electrons. The molecule has 2 aromatic rings. The number of benzene rings is 1. The van der Waals surface area contributed by atoms with Crippen LogP contribution in [0.1, 0.15) is 17.5 Å². The summed E-state index contributed by atoms with van der Waals surface area (Å²) in [7, 11) is 0. The first-order valence-corrected chi connectivity index (χ1v) is 14.7. The minimum absolute atomic E-state index is 0.0947. The number of fused-ring (bicyclic) bond motifs is 1. The quantitative estimate of drug-likeness (QED) is 0.163. The van der Waals surface area contributed by atoms with Gasteiger partial charge in [0, 0.05) is 43.1 Å². The van der Waals surface area contributed by atoms with Crippen LogP contribution < -0.4 is 20.7 Å². The van der Waals surface area contributed by atoms with Gasteiger partial charge in [0.25, 0.3) is 5.91 Å². The second kappa shape index (κ2) is 14.0. The molecule has 2 saturated heterocycles. The number of pyridine rings is 1. The van der Waals surface area contributed by atoms with Crippen LogP contribution in [0.5, 0.6) is 5.75 Å². The van der Waals surface area contributed by atoms with Crippen molar-refractivity contribution in [2.45, 2.75) is 43.6 Å². The Labute approximate surface area is 263 Å². The number of thioether (sulfide) groups is 1. The lowest BCUT2D eigenvalue weighted by atomic mass is 10.0. The number of carbonyl (C=O) groups excluding carboxylic acids is 4. The Morgan fingerprint density at radius 1 is 1.15 bits per heavy atom. The Bertz CT molecular complexity index is 1610. The molecule has 0 bridgehead atoms. The molecule has 0 radical (unpaired) electrons. The van der Waals surface area contributed by atoms with Crippen molar-refractivity contribution in [1.29, 1.82) is 0 Å². The van der Waals surface area contributed by atoms with Gasteiger partial charge in [0.15, 0.2) is 12.4 Å². The molecule has 4 heterocycles. The van der Waals surface area contributed by atoms with Gasteiger partial charge in [-0.2, -0.15) is 17.7 Å². The number of carboxylic acid groups (broad SMARTS) is 2. The van der Waals surface area contributed by atoms with E-state index in [1.165, 1.54) is 16.7 Å². The van der Waals surface area contributed by atoms with Crippen LogP contribution in [-0.2, 0) is 43.6 Å². The SMILES string of the molecule is N[C@@H]1C(=O)N2C(C(=O)O)=C(/C=C3\CCN(Cc4cc[n+](CC(=O)NCc5cccc(O)c5)cc4)C3=O)CS[C@H]12.O=C([O-])C(F)(F)F. The van der Waals surface area contributed by atoms with Crippen LogP contribution in [0.15, 0.2) is 71.7 Å². The summed E-state index contributed by atoms with van der Waals surface area (Å²) < 4.78 is 33.3. The van der Waals surface area contributed by atoms with Crippen LogP contribution in [0.25, 0.3) is 0 Å². The molecule has 5 N–H and O–H groups in total. The molecule has 2 fully saturated rings. The first kappa shape index (κ1) is 34.0. The number of phenols is 1. The Kier molecular flexibility index (Phi) is 10.4. The summed E-state index contributed by atoms with van der Waals surface area (Å²) in [5.41, 5.74) is 8.35. The number of aliphatic carboxylic acids is 2. The normalized spacial score (nSPS) is 20.1. The molecule has 46 heavy (non-hydrogen) atoms. The molecule has 17 heteroatoms. The fourth-order valence-electron chi connectivity index (χ4n) is 4.82. The van der Waals surface area contributed by atoms with Crippen LogP contribution in [0.2, 0.25) is 0 Å². The number of amides is 3. The number of nitrogens with two attached hydrogens (primary N) is 1. The Morgan fingerprint density at radius 3 is 2.43 bits per heavy atom. The molecule has 0 spiro atoms. The van der Waals surface area contributed by atoms with Gasteiger partial charge < -0.3 is 36.1 Å². The summed E-state index contributed by atoms with van der Waals surface area (Å²) in [6, 6.07) is 9.68. The van der Waals surface area contributed by atoms with E-state index in [1.807, 2.05) is 18.2 Å². The molecule has 0 saturated carbocycles. The fourth-order valence-corrected chi connectivity index (χ4v) is 6.07. The number of halogens is 3. The summed E-state index contributed by atoms with van der Waals surface area (Å²) in [4.78, 5) is 61.1. The summed E-state index contributed by atoms with van der Waals surface area (Å²) in [6.07, 6.45) is 0.438. The number of β-lactam (4-membered cyclic amide) rings is 1. The first-order chi connectivity index (χ1) is 21.6. The van der Waals surface area contributed by atoms with Gasteiger partial charge >= 0.3 is 12.1 Å². The molecule has 3 aliphatic rings. The maximum Gasteiger partial charge on any atom is 0.430 e. The summed E-state index contributed by atoms with van der Waals surface area (Å²) in [6.45, 7) is 1.31. The molecule has 0 aliphatic carbocycles. The molecule has 1 aromatic heterocycles. The van der Waals surface area contributed by atoms with Gasteiger partial charge in [-0.3, -0.25) is 19.3 Å². The Balaban J connectivity index is 0.000000617. The molecule has 2 atom stereocenters. The van der Waals surface area contributed by atoms with E-state index in [9.17, 15) is 42.6 Å². The average molecular weight is 664 g/mol. The fraction of sp³-hybridized carbons (Fsp3) is 0.310. The van der Waals surface area contributed by atoms with Gasteiger partial charge in [-0.25, -0.2) is 4.79 Å². The molecule has 1 aromatic carbocycles. The van der Waals surface area contributed by atoms with Crippen molar-refractivity contribution in [3.8, 4) is 5.75 Å². The van der Waals surface area contributed by atoms with Gasteiger partial charge in [0.05, 0.1) is 0 Å².